The van der Waals surface area contributed by atoms with E-state index in [1.165, 1.54) is 19.3 Å². The maximum absolute atomic E-state index is 10.2. The Kier molecular flexibility index (Phi) is 4.64. The Morgan fingerprint density at radius 3 is 2.63 bits per heavy atom. The molecule has 0 saturated heterocycles. The van der Waals surface area contributed by atoms with Crippen LogP contribution in [0.4, 0.5) is 0 Å². The van der Waals surface area contributed by atoms with Crippen molar-refractivity contribution in [2.75, 3.05) is 6.54 Å². The molecular formula is C17H27NO. The lowest BCUT2D eigenvalue weighted by Gasteiger charge is -2.40. The van der Waals surface area contributed by atoms with E-state index in [9.17, 15) is 5.11 Å². The van der Waals surface area contributed by atoms with E-state index in [4.69, 9.17) is 0 Å². The second-order valence-electron chi connectivity index (χ2n) is 6.83. The third-order valence-corrected chi connectivity index (χ3v) is 4.45. The van der Waals surface area contributed by atoms with Gasteiger partial charge in [-0.3, -0.25) is 0 Å². The summed E-state index contributed by atoms with van der Waals surface area (Å²) in [5.74, 6) is 0.687. The maximum Gasteiger partial charge on any atom is 0.0914 e. The molecule has 19 heavy (non-hydrogen) atoms. The molecule has 0 radical (unpaired) electrons. The predicted molar refractivity (Wildman–Crippen MR) is 80.0 cm³/mol. The van der Waals surface area contributed by atoms with Crippen LogP contribution in [0.2, 0.25) is 0 Å². The molecule has 0 aromatic heterocycles. The summed E-state index contributed by atoms with van der Waals surface area (Å²) in [4.78, 5) is 0. The Hall–Kier alpha value is -0.860. The van der Waals surface area contributed by atoms with Gasteiger partial charge in [0.25, 0.3) is 0 Å². The lowest BCUT2D eigenvalue weighted by atomic mass is 9.70. The lowest BCUT2D eigenvalue weighted by Crippen LogP contribution is -2.43. The molecular weight excluding hydrogens is 234 g/mol. The highest BCUT2D eigenvalue weighted by molar-refractivity contribution is 5.17. The second-order valence-corrected chi connectivity index (χ2v) is 6.83. The third-order valence-electron chi connectivity index (χ3n) is 4.45. The summed E-state index contributed by atoms with van der Waals surface area (Å²) in [6.07, 6.45) is 3.36. The van der Waals surface area contributed by atoms with Crippen molar-refractivity contribution in [3.8, 4) is 0 Å². The molecule has 1 aliphatic carbocycles. The van der Waals surface area contributed by atoms with Gasteiger partial charge in [-0.2, -0.15) is 0 Å². The summed E-state index contributed by atoms with van der Waals surface area (Å²) >= 11 is 0. The van der Waals surface area contributed by atoms with Crippen LogP contribution in [-0.4, -0.2) is 17.7 Å². The summed E-state index contributed by atoms with van der Waals surface area (Å²) in [5, 5.41) is 13.7. The monoisotopic (exact) mass is 261 g/mol. The minimum absolute atomic E-state index is 0.400. The van der Waals surface area contributed by atoms with Gasteiger partial charge in [0.15, 0.2) is 0 Å². The molecule has 0 amide bonds. The number of hydrogen-bond acceptors (Lipinski definition) is 2. The molecule has 2 nitrogen and oxygen atoms in total. The van der Waals surface area contributed by atoms with E-state index >= 15 is 0 Å². The van der Waals surface area contributed by atoms with Crippen molar-refractivity contribution in [1.82, 2.24) is 5.32 Å². The first-order valence-corrected chi connectivity index (χ1v) is 7.44. The van der Waals surface area contributed by atoms with Gasteiger partial charge in [-0.1, -0.05) is 51.1 Å². The van der Waals surface area contributed by atoms with Crippen LogP contribution >= 0.6 is 0 Å². The summed E-state index contributed by atoms with van der Waals surface area (Å²) in [6, 6.07) is 10.5. The van der Waals surface area contributed by atoms with Crippen LogP contribution in [0.5, 0.6) is 0 Å². The fraction of sp³-hybridized carbons (Fsp3) is 0.647. The quantitative estimate of drug-likeness (QED) is 0.869. The molecule has 1 aliphatic rings. The van der Waals surface area contributed by atoms with Crippen molar-refractivity contribution in [2.24, 2.45) is 11.3 Å². The molecule has 2 rings (SSSR count). The summed E-state index contributed by atoms with van der Waals surface area (Å²) in [5.41, 5.74) is 1.48. The van der Waals surface area contributed by atoms with Crippen LogP contribution in [0.1, 0.15) is 51.7 Å². The molecule has 1 aromatic rings. The first-order valence-electron chi connectivity index (χ1n) is 7.44. The normalized spacial score (nSPS) is 28.0. The van der Waals surface area contributed by atoms with Crippen molar-refractivity contribution < 1.29 is 5.11 Å². The van der Waals surface area contributed by atoms with Crippen LogP contribution < -0.4 is 5.32 Å². The van der Waals surface area contributed by atoms with Crippen molar-refractivity contribution in [3.05, 3.63) is 35.9 Å². The minimum atomic E-state index is -0.400. The van der Waals surface area contributed by atoms with Gasteiger partial charge in [0.05, 0.1) is 6.10 Å². The third kappa shape index (κ3) is 4.05. The Labute approximate surface area is 117 Å². The average Bonchev–Trinajstić information content (AvgIpc) is 2.37. The molecule has 3 unspecified atom stereocenters. The molecule has 1 fully saturated rings. The number of hydrogen-bond donors (Lipinski definition) is 2. The molecule has 0 heterocycles. The Morgan fingerprint density at radius 2 is 2.00 bits per heavy atom. The largest absolute Gasteiger partial charge is 0.387 e. The first kappa shape index (κ1) is 14.5. The van der Waals surface area contributed by atoms with Crippen molar-refractivity contribution in [2.45, 2.75) is 52.2 Å². The van der Waals surface area contributed by atoms with E-state index in [0.717, 1.165) is 5.56 Å². The van der Waals surface area contributed by atoms with Crippen LogP contribution in [0.25, 0.3) is 0 Å². The van der Waals surface area contributed by atoms with E-state index in [1.54, 1.807) is 0 Å². The first-order chi connectivity index (χ1) is 8.98. The van der Waals surface area contributed by atoms with E-state index in [0.29, 0.717) is 23.9 Å². The van der Waals surface area contributed by atoms with Gasteiger partial charge in [0, 0.05) is 12.6 Å². The van der Waals surface area contributed by atoms with Gasteiger partial charge in [0.1, 0.15) is 0 Å². The Balaban J connectivity index is 1.83. The fourth-order valence-electron chi connectivity index (χ4n) is 3.31. The van der Waals surface area contributed by atoms with Crippen LogP contribution in [-0.2, 0) is 0 Å². The maximum atomic E-state index is 10.2. The number of aliphatic hydroxyl groups excluding tert-OH is 1. The topological polar surface area (TPSA) is 32.3 Å². The average molecular weight is 261 g/mol. The van der Waals surface area contributed by atoms with Crippen molar-refractivity contribution in [3.63, 3.8) is 0 Å². The molecule has 3 atom stereocenters. The van der Waals surface area contributed by atoms with Gasteiger partial charge >= 0.3 is 0 Å². The predicted octanol–water partition coefficient (Wildman–Crippen LogP) is 3.52. The highest BCUT2D eigenvalue weighted by atomic mass is 16.3. The Morgan fingerprint density at radius 1 is 1.32 bits per heavy atom. The highest BCUT2D eigenvalue weighted by Crippen LogP contribution is 2.38. The molecule has 0 aliphatic heterocycles. The molecule has 0 spiro atoms. The molecule has 1 aromatic carbocycles. The van der Waals surface area contributed by atoms with Gasteiger partial charge in [-0.25, -0.2) is 0 Å². The van der Waals surface area contributed by atoms with E-state index < -0.39 is 6.10 Å². The molecule has 1 saturated carbocycles. The van der Waals surface area contributed by atoms with Crippen molar-refractivity contribution >= 4 is 0 Å². The fourth-order valence-corrected chi connectivity index (χ4v) is 3.31. The van der Waals surface area contributed by atoms with E-state index in [-0.39, 0.29) is 0 Å². The molecule has 106 valence electrons. The zero-order valence-electron chi connectivity index (χ0n) is 12.4. The summed E-state index contributed by atoms with van der Waals surface area (Å²) in [6.45, 7) is 7.70. The van der Waals surface area contributed by atoms with Crippen LogP contribution in [0.15, 0.2) is 30.3 Å². The number of aliphatic hydroxyl groups is 1. The SMILES string of the molecule is CC1CC(C)(C)CCC1NCC(O)c1ccccc1. The molecule has 2 N–H and O–H groups in total. The van der Waals surface area contributed by atoms with Gasteiger partial charge < -0.3 is 10.4 Å². The van der Waals surface area contributed by atoms with Crippen molar-refractivity contribution in [1.29, 1.82) is 0 Å². The van der Waals surface area contributed by atoms with E-state index in [2.05, 4.69) is 26.1 Å². The van der Waals surface area contributed by atoms with Crippen LogP contribution in [0, 0.1) is 11.3 Å². The van der Waals surface area contributed by atoms with E-state index in [1.807, 2.05) is 30.3 Å². The number of rotatable bonds is 4. The molecule has 2 heteroatoms. The summed E-state index contributed by atoms with van der Waals surface area (Å²) in [7, 11) is 0. The van der Waals surface area contributed by atoms with Crippen LogP contribution in [0.3, 0.4) is 0 Å². The van der Waals surface area contributed by atoms with Gasteiger partial charge in [-0.05, 0) is 36.2 Å². The van der Waals surface area contributed by atoms with Gasteiger partial charge in [-0.15, -0.1) is 0 Å². The number of benzene rings is 1. The highest BCUT2D eigenvalue weighted by Gasteiger charge is 2.32. The second kappa shape index (κ2) is 6.06. The minimum Gasteiger partial charge on any atom is -0.387 e. The smallest absolute Gasteiger partial charge is 0.0914 e. The zero-order valence-corrected chi connectivity index (χ0v) is 12.4. The Bertz CT molecular complexity index is 388. The molecule has 0 bridgehead atoms. The summed E-state index contributed by atoms with van der Waals surface area (Å²) < 4.78 is 0. The van der Waals surface area contributed by atoms with Gasteiger partial charge in [0.2, 0.25) is 0 Å². The standard InChI is InChI=1S/C17H27NO/c1-13-11-17(2,3)10-9-15(13)18-12-16(19)14-7-5-4-6-8-14/h4-8,13,15-16,18-19H,9-12H2,1-3H3. The number of nitrogens with one attached hydrogen (secondary N) is 1. The lowest BCUT2D eigenvalue weighted by molar-refractivity contribution is 0.123. The zero-order chi connectivity index (χ0) is 13.9.